The highest BCUT2D eigenvalue weighted by Crippen LogP contribution is 1.76. The van der Waals surface area contributed by atoms with Gasteiger partial charge in [0.2, 0.25) is 0 Å². The summed E-state index contributed by atoms with van der Waals surface area (Å²) >= 11 is 4.68. The lowest BCUT2D eigenvalue weighted by Gasteiger charge is -2.00. The van der Waals surface area contributed by atoms with Gasteiger partial charge in [-0.15, -0.1) is 0 Å². The summed E-state index contributed by atoms with van der Waals surface area (Å²) in [5, 5.41) is 3.15. The quantitative estimate of drug-likeness (QED) is 0.563. The van der Waals surface area contributed by atoms with Crippen molar-refractivity contribution in [1.82, 2.24) is 5.32 Å². The number of rotatable bonds is 6. The average molecular weight is 148 g/mol. The van der Waals surface area contributed by atoms with Crippen molar-refractivity contribution in [2.24, 2.45) is 0 Å². The zero-order chi connectivity index (χ0) is 6.95. The fourth-order valence-electron chi connectivity index (χ4n) is 0.482. The Kier molecular flexibility index (Phi) is 8.52. The van der Waals surface area contributed by atoms with E-state index in [2.05, 4.69) is 24.9 Å². The molecule has 0 aliphatic carbocycles. The Morgan fingerprint density at radius 1 is 1.44 bits per heavy atom. The molecule has 0 saturated carbocycles. The summed E-state index contributed by atoms with van der Waals surface area (Å²) in [6.45, 7) is 5.52. The second-order valence-electron chi connectivity index (χ2n) is 1.67. The van der Waals surface area contributed by atoms with Crippen molar-refractivity contribution in [3.8, 4) is 0 Å². The molecule has 0 aromatic heterocycles. The fraction of sp³-hybridized carbons (Fsp3) is 1.00. The van der Waals surface area contributed by atoms with E-state index >= 15 is 0 Å². The number of nitrogens with one attached hydrogen (secondary N) is 1. The molecule has 0 rings (SSSR count). The molecule has 0 saturated heterocycles. The van der Waals surface area contributed by atoms with Gasteiger partial charge < -0.3 is 10.1 Å². The molecule has 0 amide bonds. The van der Waals surface area contributed by atoms with E-state index in [1.165, 1.54) is 0 Å². The maximum atomic E-state index is 5.12. The molecule has 0 atom stereocenters. The molecule has 0 heterocycles. The van der Waals surface area contributed by atoms with Gasteiger partial charge in [0, 0.05) is 12.3 Å². The summed E-state index contributed by atoms with van der Waals surface area (Å²) in [4.78, 5) is 0. The molecule has 0 aliphatic rings. The van der Waals surface area contributed by atoms with Crippen molar-refractivity contribution in [3.05, 3.63) is 0 Å². The van der Waals surface area contributed by atoms with Crippen LogP contribution in [0.5, 0.6) is 0 Å². The van der Waals surface area contributed by atoms with Crippen LogP contribution in [0.15, 0.2) is 0 Å². The molecule has 3 heteroatoms. The highest BCUT2D eigenvalue weighted by Gasteiger charge is 1.83. The monoisotopic (exact) mass is 148 g/mol. The van der Waals surface area contributed by atoms with Gasteiger partial charge in [0.15, 0.2) is 0 Å². The van der Waals surface area contributed by atoms with E-state index in [0.29, 0.717) is 12.4 Å². The third-order valence-corrected chi connectivity index (χ3v) is 1.07. The Morgan fingerprint density at radius 3 is 2.78 bits per heavy atom. The minimum absolute atomic E-state index is 0.701. The molecule has 0 bridgehead atoms. The largest absolute Gasteiger partial charge is 0.379 e. The number of ether oxygens (including phenoxy) is 1. The second kappa shape index (κ2) is 8.27. The topological polar surface area (TPSA) is 21.3 Å². The van der Waals surface area contributed by atoms with Crippen LogP contribution in [0.4, 0.5) is 0 Å². The number of likely N-dealkylation sites (N-methyl/N-ethyl adjacent to an activating group) is 1. The summed E-state index contributed by atoms with van der Waals surface area (Å²) < 4.78 is 5.12. The Bertz CT molecular complexity index is 46.3. The summed E-state index contributed by atoms with van der Waals surface area (Å²) in [5.74, 6) is 0.701. The smallest absolute Gasteiger partial charge is 0.0591 e. The van der Waals surface area contributed by atoms with Gasteiger partial charge in [-0.05, 0) is 6.54 Å². The average Bonchev–Trinajstić information content (AvgIpc) is 1.89. The van der Waals surface area contributed by atoms with Crippen molar-refractivity contribution in [2.45, 2.75) is 6.92 Å². The van der Waals surface area contributed by atoms with Crippen LogP contribution in [0.2, 0.25) is 0 Å². The van der Waals surface area contributed by atoms with Crippen LogP contribution in [0.25, 0.3) is 0 Å². The molecular weight excluding hydrogens is 134 g/mol. The second-order valence-corrected chi connectivity index (χ2v) is 2.08. The van der Waals surface area contributed by atoms with Crippen LogP contribution >= 0.6 is 12.6 Å². The Balaban J connectivity index is 2.60. The lowest BCUT2D eigenvalue weighted by molar-refractivity contribution is 0.152. The van der Waals surface area contributed by atoms with Crippen LogP contribution in [-0.2, 0) is 4.74 Å². The van der Waals surface area contributed by atoms with E-state index in [1.807, 2.05) is 0 Å². The molecule has 55 valence electrons. The van der Waals surface area contributed by atoms with E-state index in [4.69, 9.17) is 4.74 Å². The lowest BCUT2D eigenvalue weighted by atomic mass is 10.6. The molecular formula is C6H14NOS. The predicted molar refractivity (Wildman–Crippen MR) is 41.8 cm³/mol. The summed E-state index contributed by atoms with van der Waals surface area (Å²) in [6.07, 6.45) is 0. The first-order chi connectivity index (χ1) is 4.41. The van der Waals surface area contributed by atoms with Gasteiger partial charge in [0.25, 0.3) is 0 Å². The normalized spacial score (nSPS) is 10.0. The van der Waals surface area contributed by atoms with E-state index < -0.39 is 0 Å². The standard InChI is InChI=1S/C6H14NOS/c1-2-7-3-4-8-5-6-9/h7H,2-6H2,1H3. The van der Waals surface area contributed by atoms with E-state index in [-0.39, 0.29) is 0 Å². The summed E-state index contributed by atoms with van der Waals surface area (Å²) in [7, 11) is 0. The molecule has 0 aromatic carbocycles. The first-order valence-corrected chi connectivity index (χ1v) is 3.86. The van der Waals surface area contributed by atoms with E-state index in [1.54, 1.807) is 0 Å². The minimum atomic E-state index is 0.701. The molecule has 0 aliphatic heterocycles. The van der Waals surface area contributed by atoms with Crippen LogP contribution in [0.3, 0.4) is 0 Å². The van der Waals surface area contributed by atoms with Crippen LogP contribution < -0.4 is 5.32 Å². The number of hydrogen-bond acceptors (Lipinski definition) is 2. The molecule has 0 fully saturated rings. The van der Waals surface area contributed by atoms with Crippen molar-refractivity contribution >= 4 is 12.6 Å². The maximum Gasteiger partial charge on any atom is 0.0591 e. The Labute approximate surface area is 62.4 Å². The zero-order valence-electron chi connectivity index (χ0n) is 5.85. The molecule has 9 heavy (non-hydrogen) atoms. The third kappa shape index (κ3) is 8.27. The minimum Gasteiger partial charge on any atom is -0.379 e. The van der Waals surface area contributed by atoms with Gasteiger partial charge in [0.1, 0.15) is 0 Å². The Morgan fingerprint density at radius 2 is 2.22 bits per heavy atom. The van der Waals surface area contributed by atoms with E-state index in [9.17, 15) is 0 Å². The van der Waals surface area contributed by atoms with Crippen LogP contribution in [-0.4, -0.2) is 32.1 Å². The molecule has 0 aromatic rings. The van der Waals surface area contributed by atoms with Gasteiger partial charge >= 0.3 is 0 Å². The van der Waals surface area contributed by atoms with Crippen LogP contribution in [0.1, 0.15) is 6.92 Å². The first kappa shape index (κ1) is 9.27. The lowest BCUT2D eigenvalue weighted by Crippen LogP contribution is -2.19. The van der Waals surface area contributed by atoms with Gasteiger partial charge in [-0.25, -0.2) is 0 Å². The molecule has 0 spiro atoms. The molecule has 2 nitrogen and oxygen atoms in total. The Hall–Kier alpha value is 0.270. The van der Waals surface area contributed by atoms with Gasteiger partial charge in [-0.2, -0.15) is 0 Å². The molecule has 0 unspecified atom stereocenters. The third-order valence-electron chi connectivity index (χ3n) is 0.901. The van der Waals surface area contributed by atoms with Crippen LogP contribution in [0, 0.1) is 0 Å². The summed E-state index contributed by atoms with van der Waals surface area (Å²) in [6, 6.07) is 0. The van der Waals surface area contributed by atoms with Crippen molar-refractivity contribution < 1.29 is 4.74 Å². The molecule has 1 N–H and O–H groups in total. The van der Waals surface area contributed by atoms with Crippen molar-refractivity contribution in [2.75, 3.05) is 32.1 Å². The van der Waals surface area contributed by atoms with Crippen molar-refractivity contribution in [3.63, 3.8) is 0 Å². The van der Waals surface area contributed by atoms with Gasteiger partial charge in [-0.1, -0.05) is 19.6 Å². The van der Waals surface area contributed by atoms with Gasteiger partial charge in [-0.3, -0.25) is 0 Å². The van der Waals surface area contributed by atoms with E-state index in [0.717, 1.165) is 19.7 Å². The van der Waals surface area contributed by atoms with Gasteiger partial charge in [0.05, 0.1) is 13.2 Å². The highest BCUT2D eigenvalue weighted by atomic mass is 32.1. The predicted octanol–water partition coefficient (Wildman–Crippen LogP) is 0.810. The molecule has 1 radical (unpaired) electrons. The fourth-order valence-corrected chi connectivity index (χ4v) is 0.600. The number of hydrogen-bond donors (Lipinski definition) is 1. The summed E-state index contributed by atoms with van der Waals surface area (Å²) in [5.41, 5.74) is 0. The SMILES string of the molecule is CCNCCOCC[S]. The highest BCUT2D eigenvalue weighted by molar-refractivity contribution is 7.80. The first-order valence-electron chi connectivity index (χ1n) is 3.28. The van der Waals surface area contributed by atoms with Crippen molar-refractivity contribution in [1.29, 1.82) is 0 Å². The maximum absolute atomic E-state index is 5.12. The zero-order valence-corrected chi connectivity index (χ0v) is 6.67.